The maximum Gasteiger partial charge on any atom is 0.416 e. The number of fused-ring (bicyclic) bond motifs is 1. The molecule has 4 aromatic rings. The second kappa shape index (κ2) is 13.1. The van der Waals surface area contributed by atoms with Gasteiger partial charge in [-0.1, -0.05) is 62.4 Å². The summed E-state index contributed by atoms with van der Waals surface area (Å²) in [4.78, 5) is 33.6. The highest BCUT2D eigenvalue weighted by Crippen LogP contribution is 2.29. The van der Waals surface area contributed by atoms with E-state index in [1.807, 2.05) is 76.4 Å². The molecule has 0 saturated carbocycles. The van der Waals surface area contributed by atoms with Crippen LogP contribution in [0, 0.1) is 19.8 Å². The highest BCUT2D eigenvalue weighted by Gasteiger charge is 2.30. The number of hydrogen-bond acceptors (Lipinski definition) is 2. The maximum absolute atomic E-state index is 13.8. The lowest BCUT2D eigenvalue weighted by Crippen LogP contribution is -2.46. The van der Waals surface area contributed by atoms with E-state index in [1.165, 1.54) is 17.0 Å². The van der Waals surface area contributed by atoms with Crippen LogP contribution in [0.25, 0.3) is 10.9 Å². The Balaban J connectivity index is 1.56. The Morgan fingerprint density at radius 1 is 0.905 bits per heavy atom. The first-order valence-electron chi connectivity index (χ1n) is 14.0. The van der Waals surface area contributed by atoms with Gasteiger partial charge < -0.3 is 20.1 Å². The predicted octanol–water partition coefficient (Wildman–Crippen LogP) is 7.56. The Morgan fingerprint density at radius 3 is 2.21 bits per heavy atom. The number of anilines is 1. The molecule has 2 N–H and O–H groups in total. The van der Waals surface area contributed by atoms with E-state index in [9.17, 15) is 22.8 Å². The number of carbonyl (C=O) groups is 2. The number of aryl methyl sites for hydroxylation is 2. The van der Waals surface area contributed by atoms with Crippen molar-refractivity contribution in [2.24, 2.45) is 5.92 Å². The first-order chi connectivity index (χ1) is 19.9. The van der Waals surface area contributed by atoms with Crippen LogP contribution in [0.2, 0.25) is 0 Å². The van der Waals surface area contributed by atoms with Crippen LogP contribution in [0.15, 0.2) is 72.9 Å². The average Bonchev–Trinajstić information content (AvgIpc) is 3.35. The summed E-state index contributed by atoms with van der Waals surface area (Å²) < 4.78 is 39.4. The molecule has 0 aliphatic heterocycles. The number of H-pyrrole nitrogens is 1. The number of benzene rings is 3. The maximum atomic E-state index is 13.8. The number of alkyl halides is 3. The molecule has 0 bridgehead atoms. The summed E-state index contributed by atoms with van der Waals surface area (Å²) in [5, 5.41) is 4.03. The van der Waals surface area contributed by atoms with Crippen LogP contribution in [0.5, 0.6) is 0 Å². The molecule has 3 aromatic carbocycles. The molecular weight excluding hydrogens is 541 g/mol. The molecule has 0 spiro atoms. The molecule has 0 aliphatic rings. The number of aromatic nitrogens is 1. The van der Waals surface area contributed by atoms with Gasteiger partial charge in [-0.05, 0) is 66.6 Å². The second-order valence-electron chi connectivity index (χ2n) is 11.1. The van der Waals surface area contributed by atoms with Gasteiger partial charge in [0, 0.05) is 42.4 Å². The second-order valence-corrected chi connectivity index (χ2v) is 11.1. The van der Waals surface area contributed by atoms with Gasteiger partial charge in [0.1, 0.15) is 6.54 Å². The van der Waals surface area contributed by atoms with Gasteiger partial charge in [-0.15, -0.1) is 0 Å². The monoisotopic (exact) mass is 578 g/mol. The number of hydrogen-bond donors (Lipinski definition) is 2. The third-order valence-corrected chi connectivity index (χ3v) is 7.25. The van der Waals surface area contributed by atoms with Gasteiger partial charge in [-0.3, -0.25) is 4.79 Å². The van der Waals surface area contributed by atoms with Crippen molar-refractivity contribution in [1.82, 2.24) is 14.8 Å². The lowest BCUT2D eigenvalue weighted by molar-refractivity contribution is -0.137. The summed E-state index contributed by atoms with van der Waals surface area (Å²) in [5.74, 6) is -0.178. The largest absolute Gasteiger partial charge is 0.416 e. The molecule has 42 heavy (non-hydrogen) atoms. The van der Waals surface area contributed by atoms with E-state index in [1.54, 1.807) is 4.90 Å². The first kappa shape index (κ1) is 30.7. The van der Waals surface area contributed by atoms with Crippen molar-refractivity contribution in [2.75, 3.05) is 25.0 Å². The van der Waals surface area contributed by atoms with Crippen molar-refractivity contribution in [3.8, 4) is 0 Å². The number of nitrogens with one attached hydrogen (secondary N) is 2. The van der Waals surface area contributed by atoms with Crippen LogP contribution in [0.4, 0.5) is 23.7 Å². The molecule has 4 rings (SSSR count). The van der Waals surface area contributed by atoms with E-state index in [2.05, 4.69) is 10.3 Å². The molecule has 1 heterocycles. The Bertz CT molecular complexity index is 1510. The number of rotatable bonds is 10. The molecule has 0 saturated heterocycles. The lowest BCUT2D eigenvalue weighted by Gasteiger charge is -2.29. The van der Waals surface area contributed by atoms with Crippen molar-refractivity contribution in [1.29, 1.82) is 0 Å². The number of urea groups is 1. The van der Waals surface area contributed by atoms with Crippen molar-refractivity contribution in [3.05, 3.63) is 101 Å². The summed E-state index contributed by atoms with van der Waals surface area (Å²) in [6, 6.07) is 18.1. The third kappa shape index (κ3) is 7.72. The van der Waals surface area contributed by atoms with Crippen molar-refractivity contribution < 1.29 is 22.8 Å². The van der Waals surface area contributed by atoms with Crippen LogP contribution in [-0.2, 0) is 23.9 Å². The minimum absolute atomic E-state index is 0.108. The van der Waals surface area contributed by atoms with Gasteiger partial charge >= 0.3 is 12.2 Å². The Kier molecular flexibility index (Phi) is 9.60. The van der Waals surface area contributed by atoms with Crippen LogP contribution >= 0.6 is 0 Å². The fraction of sp³-hybridized carbons (Fsp3) is 0.333. The van der Waals surface area contributed by atoms with Crippen LogP contribution in [0.3, 0.4) is 0 Å². The fourth-order valence-corrected chi connectivity index (χ4v) is 5.03. The van der Waals surface area contributed by atoms with E-state index in [-0.39, 0.29) is 30.9 Å². The van der Waals surface area contributed by atoms with Gasteiger partial charge in [0.25, 0.3) is 0 Å². The van der Waals surface area contributed by atoms with Gasteiger partial charge in [-0.25, -0.2) is 4.79 Å². The standard InChI is InChI=1S/C33H37F3N4O2/c1-22(2)19-40(32(42)38-31-23(3)8-7-9-24(31)4)21-30(41)39(20-25-12-14-27(15-13-25)33(34,35)36)17-16-26-18-37-29-11-6-5-10-28(26)29/h5-15,18,22,37H,16-17,19-21H2,1-4H3,(H,38,42). The van der Waals surface area contributed by atoms with Gasteiger partial charge in [0.15, 0.2) is 0 Å². The number of para-hydroxylation sites is 2. The molecule has 0 unspecified atom stereocenters. The molecule has 222 valence electrons. The first-order valence-corrected chi connectivity index (χ1v) is 14.0. The number of carbonyl (C=O) groups excluding carboxylic acids is 2. The Hall–Kier alpha value is -4.27. The van der Waals surface area contributed by atoms with Crippen molar-refractivity contribution in [2.45, 2.75) is 46.8 Å². The summed E-state index contributed by atoms with van der Waals surface area (Å²) in [7, 11) is 0. The summed E-state index contributed by atoms with van der Waals surface area (Å²) in [6.45, 7) is 8.42. The van der Waals surface area contributed by atoms with E-state index in [0.717, 1.165) is 39.7 Å². The molecule has 1 aromatic heterocycles. The van der Waals surface area contributed by atoms with E-state index in [0.29, 0.717) is 30.8 Å². The Labute approximate surface area is 244 Å². The lowest BCUT2D eigenvalue weighted by atomic mass is 10.1. The minimum atomic E-state index is -4.44. The van der Waals surface area contributed by atoms with Crippen LogP contribution in [0.1, 0.15) is 41.7 Å². The Morgan fingerprint density at radius 2 is 1.57 bits per heavy atom. The van der Waals surface area contributed by atoms with E-state index in [4.69, 9.17) is 0 Å². The molecule has 0 radical (unpaired) electrons. The normalized spacial score (nSPS) is 11.6. The molecule has 0 aliphatic carbocycles. The molecule has 9 heteroatoms. The quantitative estimate of drug-likeness (QED) is 0.204. The van der Waals surface area contributed by atoms with Crippen molar-refractivity contribution in [3.63, 3.8) is 0 Å². The molecular formula is C33H37F3N4O2. The zero-order chi connectivity index (χ0) is 30.4. The number of halogens is 3. The highest BCUT2D eigenvalue weighted by atomic mass is 19.4. The molecule has 0 atom stereocenters. The summed E-state index contributed by atoms with van der Waals surface area (Å²) in [6.07, 6.45) is -1.99. The summed E-state index contributed by atoms with van der Waals surface area (Å²) in [5.41, 5.74) is 4.40. The smallest absolute Gasteiger partial charge is 0.361 e. The topological polar surface area (TPSA) is 68.4 Å². The van der Waals surface area contributed by atoms with Gasteiger partial charge in [0.2, 0.25) is 5.91 Å². The van der Waals surface area contributed by atoms with Crippen LogP contribution in [-0.4, -0.2) is 46.4 Å². The van der Waals surface area contributed by atoms with E-state index < -0.39 is 11.7 Å². The minimum Gasteiger partial charge on any atom is -0.361 e. The van der Waals surface area contributed by atoms with Gasteiger partial charge in [0.05, 0.1) is 5.56 Å². The molecule has 0 fully saturated rings. The summed E-state index contributed by atoms with van der Waals surface area (Å²) >= 11 is 0. The highest BCUT2D eigenvalue weighted by molar-refractivity contribution is 5.93. The molecule has 3 amide bonds. The number of amides is 3. The van der Waals surface area contributed by atoms with E-state index >= 15 is 0 Å². The predicted molar refractivity (Wildman–Crippen MR) is 160 cm³/mol. The zero-order valence-corrected chi connectivity index (χ0v) is 24.4. The molecule has 6 nitrogen and oxygen atoms in total. The zero-order valence-electron chi connectivity index (χ0n) is 24.4. The van der Waals surface area contributed by atoms with Gasteiger partial charge in [-0.2, -0.15) is 13.2 Å². The number of aromatic amines is 1. The van der Waals surface area contributed by atoms with Crippen LogP contribution < -0.4 is 5.32 Å². The van der Waals surface area contributed by atoms with Crippen molar-refractivity contribution >= 4 is 28.5 Å². The SMILES string of the molecule is Cc1cccc(C)c1NC(=O)N(CC(=O)N(CCc1c[nH]c2ccccc12)Cc1ccc(C(F)(F)F)cc1)CC(C)C. The number of nitrogens with zero attached hydrogens (tertiary/aromatic N) is 2. The third-order valence-electron chi connectivity index (χ3n) is 7.25. The fourth-order valence-electron chi connectivity index (χ4n) is 5.03. The average molecular weight is 579 g/mol.